The van der Waals surface area contributed by atoms with E-state index in [0.717, 1.165) is 5.56 Å². The summed E-state index contributed by atoms with van der Waals surface area (Å²) >= 11 is 18.0. The molecule has 6 heteroatoms. The third kappa shape index (κ3) is 3.62. The Labute approximate surface area is 138 Å². The van der Waals surface area contributed by atoms with Gasteiger partial charge in [-0.05, 0) is 29.8 Å². The molecule has 21 heavy (non-hydrogen) atoms. The van der Waals surface area contributed by atoms with Crippen LogP contribution in [0.2, 0.25) is 15.1 Å². The zero-order valence-electron chi connectivity index (χ0n) is 11.2. The zero-order chi connectivity index (χ0) is 15.6. The lowest BCUT2D eigenvalue weighted by Gasteiger charge is -2.19. The highest BCUT2D eigenvalue weighted by Gasteiger charge is 2.18. The number of nitrogen functional groups attached to an aromatic ring is 1. The lowest BCUT2D eigenvalue weighted by atomic mass is 10.1. The van der Waals surface area contributed by atoms with Crippen molar-refractivity contribution in [1.82, 2.24) is 4.90 Å². The van der Waals surface area contributed by atoms with Gasteiger partial charge in [-0.3, -0.25) is 4.79 Å². The molecule has 0 aliphatic carbocycles. The van der Waals surface area contributed by atoms with Crippen molar-refractivity contribution < 1.29 is 4.79 Å². The Hall–Kier alpha value is -1.42. The molecule has 0 fully saturated rings. The summed E-state index contributed by atoms with van der Waals surface area (Å²) in [5, 5.41) is 1.39. The number of rotatable bonds is 3. The van der Waals surface area contributed by atoms with Gasteiger partial charge in [-0.25, -0.2) is 0 Å². The van der Waals surface area contributed by atoms with E-state index < -0.39 is 0 Å². The number of nitrogens with zero attached hydrogens (tertiary/aromatic N) is 1. The maximum atomic E-state index is 12.5. The molecule has 0 radical (unpaired) electrons. The number of anilines is 1. The van der Waals surface area contributed by atoms with Crippen LogP contribution >= 0.6 is 34.8 Å². The molecule has 0 aliphatic rings. The molecule has 0 heterocycles. The van der Waals surface area contributed by atoms with E-state index in [1.54, 1.807) is 43.4 Å². The van der Waals surface area contributed by atoms with Crippen molar-refractivity contribution in [2.24, 2.45) is 0 Å². The molecule has 2 aromatic rings. The fraction of sp³-hybridized carbons (Fsp3) is 0.133. The molecule has 0 aromatic heterocycles. The van der Waals surface area contributed by atoms with Crippen molar-refractivity contribution in [2.45, 2.75) is 6.54 Å². The predicted octanol–water partition coefficient (Wildman–Crippen LogP) is 4.50. The summed E-state index contributed by atoms with van der Waals surface area (Å²) in [6.45, 7) is 0.333. The quantitative estimate of drug-likeness (QED) is 0.834. The Kier molecular flexibility index (Phi) is 4.99. The van der Waals surface area contributed by atoms with Crippen LogP contribution in [0.4, 0.5) is 5.69 Å². The Bertz CT molecular complexity index is 668. The van der Waals surface area contributed by atoms with Crippen molar-refractivity contribution in [1.29, 1.82) is 0 Å². The SMILES string of the molecule is CN(Cc1ccc(Cl)cc1Cl)C(=O)c1c(N)cccc1Cl. The lowest BCUT2D eigenvalue weighted by Crippen LogP contribution is -2.27. The van der Waals surface area contributed by atoms with Crippen LogP contribution in [0.1, 0.15) is 15.9 Å². The highest BCUT2D eigenvalue weighted by Crippen LogP contribution is 2.26. The molecule has 2 N–H and O–H groups in total. The van der Waals surface area contributed by atoms with E-state index in [1.807, 2.05) is 0 Å². The molecule has 0 aliphatic heterocycles. The fourth-order valence-electron chi connectivity index (χ4n) is 1.93. The molecule has 3 nitrogen and oxygen atoms in total. The van der Waals surface area contributed by atoms with Crippen LogP contribution in [-0.4, -0.2) is 17.9 Å². The molecule has 0 saturated carbocycles. The van der Waals surface area contributed by atoms with Crippen LogP contribution in [0.5, 0.6) is 0 Å². The second-order valence-electron chi connectivity index (χ2n) is 4.60. The van der Waals surface area contributed by atoms with E-state index in [-0.39, 0.29) is 5.91 Å². The summed E-state index contributed by atoms with van der Waals surface area (Å²) in [6.07, 6.45) is 0. The summed E-state index contributed by atoms with van der Waals surface area (Å²) in [5.41, 5.74) is 7.27. The maximum absolute atomic E-state index is 12.5. The largest absolute Gasteiger partial charge is 0.398 e. The first kappa shape index (κ1) is 16.0. The molecule has 110 valence electrons. The summed E-state index contributed by atoms with van der Waals surface area (Å²) in [5.74, 6) is -0.260. The Morgan fingerprint density at radius 2 is 1.86 bits per heavy atom. The van der Waals surface area contributed by atoms with E-state index in [0.29, 0.717) is 32.9 Å². The van der Waals surface area contributed by atoms with Crippen LogP contribution in [0, 0.1) is 0 Å². The first-order valence-electron chi connectivity index (χ1n) is 6.13. The highest BCUT2D eigenvalue weighted by molar-refractivity contribution is 6.35. The second kappa shape index (κ2) is 6.56. The number of hydrogen-bond donors (Lipinski definition) is 1. The summed E-state index contributed by atoms with van der Waals surface area (Å²) < 4.78 is 0. The third-order valence-corrected chi connectivity index (χ3v) is 3.93. The molecule has 0 atom stereocenters. The van der Waals surface area contributed by atoms with E-state index in [4.69, 9.17) is 40.5 Å². The van der Waals surface area contributed by atoms with Gasteiger partial charge in [0.05, 0.1) is 10.6 Å². The van der Waals surface area contributed by atoms with E-state index in [9.17, 15) is 4.79 Å². The molecule has 0 unspecified atom stereocenters. The van der Waals surface area contributed by atoms with E-state index in [2.05, 4.69) is 0 Å². The van der Waals surface area contributed by atoms with E-state index in [1.165, 1.54) is 4.90 Å². The van der Waals surface area contributed by atoms with Crippen molar-refractivity contribution in [3.8, 4) is 0 Å². The normalized spacial score (nSPS) is 10.5. The van der Waals surface area contributed by atoms with Crippen molar-refractivity contribution in [3.63, 3.8) is 0 Å². The molecular weight excluding hydrogens is 331 g/mol. The van der Waals surface area contributed by atoms with Crippen LogP contribution in [-0.2, 0) is 6.54 Å². The zero-order valence-corrected chi connectivity index (χ0v) is 13.5. The molecule has 0 spiro atoms. The van der Waals surface area contributed by atoms with Crippen LogP contribution in [0.25, 0.3) is 0 Å². The maximum Gasteiger partial charge on any atom is 0.257 e. The molecule has 0 bridgehead atoms. The molecular formula is C15H13Cl3N2O. The highest BCUT2D eigenvalue weighted by atomic mass is 35.5. The summed E-state index contributed by atoms with van der Waals surface area (Å²) in [4.78, 5) is 14.0. The smallest absolute Gasteiger partial charge is 0.257 e. The third-order valence-electron chi connectivity index (χ3n) is 3.03. The van der Waals surface area contributed by atoms with Gasteiger partial charge >= 0.3 is 0 Å². The number of halogens is 3. The number of carbonyl (C=O) groups excluding carboxylic acids is 1. The van der Waals surface area contributed by atoms with Gasteiger partial charge in [0, 0.05) is 29.3 Å². The van der Waals surface area contributed by atoms with Crippen molar-refractivity contribution >= 4 is 46.4 Å². The number of nitrogens with two attached hydrogens (primary N) is 1. The molecule has 0 saturated heterocycles. The summed E-state index contributed by atoms with van der Waals surface area (Å²) in [7, 11) is 1.66. The first-order chi connectivity index (χ1) is 9.90. The molecule has 1 amide bonds. The topological polar surface area (TPSA) is 46.3 Å². The fourth-order valence-corrected chi connectivity index (χ4v) is 2.67. The Balaban J connectivity index is 2.24. The predicted molar refractivity (Wildman–Crippen MR) is 88.1 cm³/mol. The minimum absolute atomic E-state index is 0.260. The van der Waals surface area contributed by atoms with Gasteiger partial charge in [-0.1, -0.05) is 46.9 Å². The van der Waals surface area contributed by atoms with Gasteiger partial charge in [-0.2, -0.15) is 0 Å². The van der Waals surface area contributed by atoms with Crippen LogP contribution in [0.15, 0.2) is 36.4 Å². The van der Waals surface area contributed by atoms with E-state index >= 15 is 0 Å². The molecule has 2 aromatic carbocycles. The average Bonchev–Trinajstić information content (AvgIpc) is 2.41. The van der Waals surface area contributed by atoms with Gasteiger partial charge in [0.15, 0.2) is 0 Å². The van der Waals surface area contributed by atoms with Crippen molar-refractivity contribution in [2.75, 3.05) is 12.8 Å². The Morgan fingerprint density at radius 3 is 2.48 bits per heavy atom. The number of hydrogen-bond acceptors (Lipinski definition) is 2. The second-order valence-corrected chi connectivity index (χ2v) is 5.85. The van der Waals surface area contributed by atoms with Crippen LogP contribution < -0.4 is 5.73 Å². The van der Waals surface area contributed by atoms with Gasteiger partial charge in [0.1, 0.15) is 0 Å². The minimum atomic E-state index is -0.260. The minimum Gasteiger partial charge on any atom is -0.398 e. The summed E-state index contributed by atoms with van der Waals surface area (Å²) in [6, 6.07) is 10.1. The van der Waals surface area contributed by atoms with Gasteiger partial charge in [0.2, 0.25) is 0 Å². The molecule has 2 rings (SSSR count). The number of carbonyl (C=O) groups is 1. The lowest BCUT2D eigenvalue weighted by molar-refractivity contribution is 0.0786. The van der Waals surface area contributed by atoms with Crippen LogP contribution in [0.3, 0.4) is 0 Å². The van der Waals surface area contributed by atoms with Crippen molar-refractivity contribution in [3.05, 3.63) is 62.6 Å². The van der Waals surface area contributed by atoms with Gasteiger partial charge in [-0.15, -0.1) is 0 Å². The Morgan fingerprint density at radius 1 is 1.14 bits per heavy atom. The van der Waals surface area contributed by atoms with Gasteiger partial charge in [0.25, 0.3) is 5.91 Å². The standard InChI is InChI=1S/C15H13Cl3N2O/c1-20(8-9-5-6-10(16)7-12(9)18)15(21)14-11(17)3-2-4-13(14)19/h2-7H,8,19H2,1H3. The van der Waals surface area contributed by atoms with Gasteiger partial charge < -0.3 is 10.6 Å². The number of amides is 1. The number of benzene rings is 2. The first-order valence-corrected chi connectivity index (χ1v) is 7.27. The average molecular weight is 344 g/mol. The monoisotopic (exact) mass is 342 g/mol.